The molecular weight excluding hydrogens is 168 g/mol. The van der Waals surface area contributed by atoms with E-state index in [1.54, 1.807) is 0 Å². The van der Waals surface area contributed by atoms with Gasteiger partial charge < -0.3 is 15.0 Å². The summed E-state index contributed by atoms with van der Waals surface area (Å²) in [5.74, 6) is 0. The van der Waals surface area contributed by atoms with Gasteiger partial charge in [-0.15, -0.1) is 0 Å². The molecule has 1 N–H and O–H groups in total. The highest BCUT2D eigenvalue weighted by molar-refractivity contribution is 5.69. The third-order valence-electron chi connectivity index (χ3n) is 2.87. The van der Waals surface area contributed by atoms with Gasteiger partial charge in [0.05, 0.1) is 6.54 Å². The highest BCUT2D eigenvalue weighted by atomic mass is 16.6. The van der Waals surface area contributed by atoms with Crippen LogP contribution in [0.3, 0.4) is 0 Å². The third kappa shape index (κ3) is 1.77. The highest BCUT2D eigenvalue weighted by Crippen LogP contribution is 2.26. The Kier molecular flexibility index (Phi) is 2.15. The van der Waals surface area contributed by atoms with E-state index in [1.165, 1.54) is 0 Å². The Morgan fingerprint density at radius 1 is 1.69 bits per heavy atom. The Balaban J connectivity index is 1.92. The smallest absolute Gasteiger partial charge is 0.409 e. The van der Waals surface area contributed by atoms with Crippen LogP contribution in [0.4, 0.5) is 4.79 Å². The number of nitrogens with zero attached hydrogens (tertiary/aromatic N) is 1. The Labute approximate surface area is 78.2 Å². The number of hydrogen-bond acceptors (Lipinski definition) is 3. The molecule has 0 aromatic carbocycles. The van der Waals surface area contributed by atoms with Crippen molar-refractivity contribution in [2.45, 2.75) is 13.3 Å². The van der Waals surface area contributed by atoms with Crippen LogP contribution in [0.15, 0.2) is 0 Å². The molecule has 1 unspecified atom stereocenters. The van der Waals surface area contributed by atoms with Crippen molar-refractivity contribution in [2.24, 2.45) is 5.41 Å². The molecule has 0 aromatic rings. The molecule has 74 valence electrons. The first-order valence-electron chi connectivity index (χ1n) is 4.82. The fourth-order valence-electron chi connectivity index (χ4n) is 2.03. The molecule has 2 fully saturated rings. The third-order valence-corrected chi connectivity index (χ3v) is 2.87. The van der Waals surface area contributed by atoms with E-state index in [0.717, 1.165) is 32.6 Å². The van der Waals surface area contributed by atoms with E-state index >= 15 is 0 Å². The number of rotatable bonds is 2. The first kappa shape index (κ1) is 8.81. The Morgan fingerprint density at radius 3 is 3.08 bits per heavy atom. The van der Waals surface area contributed by atoms with Crippen LogP contribution in [-0.4, -0.2) is 43.8 Å². The maximum Gasteiger partial charge on any atom is 0.409 e. The molecule has 0 spiro atoms. The van der Waals surface area contributed by atoms with Gasteiger partial charge in [0.15, 0.2) is 0 Å². The topological polar surface area (TPSA) is 41.6 Å². The summed E-state index contributed by atoms with van der Waals surface area (Å²) in [7, 11) is 0. The number of carbonyl (C=O) groups excluding carboxylic acids is 1. The minimum absolute atomic E-state index is 0.145. The van der Waals surface area contributed by atoms with Gasteiger partial charge in [-0.1, -0.05) is 6.92 Å². The Hall–Kier alpha value is -0.770. The minimum atomic E-state index is -0.145. The first-order valence-corrected chi connectivity index (χ1v) is 4.82. The molecular formula is C9H16N2O2. The van der Waals surface area contributed by atoms with Crippen molar-refractivity contribution in [2.75, 3.05) is 32.8 Å². The van der Waals surface area contributed by atoms with Gasteiger partial charge >= 0.3 is 6.09 Å². The molecule has 0 radical (unpaired) electrons. The van der Waals surface area contributed by atoms with E-state index in [4.69, 9.17) is 4.74 Å². The quantitative estimate of drug-likeness (QED) is 0.677. The van der Waals surface area contributed by atoms with Crippen molar-refractivity contribution in [3.63, 3.8) is 0 Å². The summed E-state index contributed by atoms with van der Waals surface area (Å²) in [6.07, 6.45) is 1.00. The summed E-state index contributed by atoms with van der Waals surface area (Å²) in [5.41, 5.74) is 0.253. The summed E-state index contributed by atoms with van der Waals surface area (Å²) in [6.45, 7) is 6.45. The van der Waals surface area contributed by atoms with Crippen molar-refractivity contribution in [3.8, 4) is 0 Å². The van der Waals surface area contributed by atoms with E-state index in [-0.39, 0.29) is 11.5 Å². The van der Waals surface area contributed by atoms with Crippen molar-refractivity contribution in [1.29, 1.82) is 0 Å². The molecule has 0 bridgehead atoms. The van der Waals surface area contributed by atoms with Crippen molar-refractivity contribution in [3.05, 3.63) is 0 Å². The van der Waals surface area contributed by atoms with E-state index < -0.39 is 0 Å². The van der Waals surface area contributed by atoms with Gasteiger partial charge in [0.25, 0.3) is 0 Å². The van der Waals surface area contributed by atoms with Gasteiger partial charge in [0.1, 0.15) is 6.61 Å². The summed E-state index contributed by atoms with van der Waals surface area (Å²) >= 11 is 0. The molecule has 4 nitrogen and oxygen atoms in total. The number of carbonyl (C=O) groups is 1. The van der Waals surface area contributed by atoms with Crippen molar-refractivity contribution in [1.82, 2.24) is 10.2 Å². The van der Waals surface area contributed by atoms with Crippen LogP contribution >= 0.6 is 0 Å². The lowest BCUT2D eigenvalue weighted by Crippen LogP contribution is -2.37. The molecule has 13 heavy (non-hydrogen) atoms. The molecule has 4 heteroatoms. The zero-order valence-corrected chi connectivity index (χ0v) is 8.01. The van der Waals surface area contributed by atoms with E-state index in [2.05, 4.69) is 12.2 Å². The van der Waals surface area contributed by atoms with Crippen LogP contribution in [0, 0.1) is 5.41 Å². The van der Waals surface area contributed by atoms with Crippen LogP contribution < -0.4 is 5.32 Å². The van der Waals surface area contributed by atoms with E-state index in [1.807, 2.05) is 4.90 Å². The fraction of sp³-hybridized carbons (Fsp3) is 0.889. The second-order valence-corrected chi connectivity index (χ2v) is 4.27. The molecule has 2 heterocycles. The number of ether oxygens (including phenoxy) is 1. The molecule has 0 aromatic heterocycles. The zero-order chi connectivity index (χ0) is 9.31. The largest absolute Gasteiger partial charge is 0.448 e. The fourth-order valence-corrected chi connectivity index (χ4v) is 2.03. The number of amides is 1. The Morgan fingerprint density at radius 2 is 2.54 bits per heavy atom. The predicted octanol–water partition coefficient (Wildman–Crippen LogP) is 0.438. The highest BCUT2D eigenvalue weighted by Gasteiger charge is 2.34. The summed E-state index contributed by atoms with van der Waals surface area (Å²) in [5, 5.41) is 3.32. The summed E-state index contributed by atoms with van der Waals surface area (Å²) < 4.78 is 4.89. The van der Waals surface area contributed by atoms with Crippen LogP contribution in [-0.2, 0) is 4.74 Å². The van der Waals surface area contributed by atoms with Crippen LogP contribution in [0.25, 0.3) is 0 Å². The van der Waals surface area contributed by atoms with Crippen molar-refractivity contribution < 1.29 is 9.53 Å². The lowest BCUT2D eigenvalue weighted by Gasteiger charge is -2.27. The monoisotopic (exact) mass is 184 g/mol. The molecule has 0 aliphatic carbocycles. The van der Waals surface area contributed by atoms with Gasteiger partial charge in [0.2, 0.25) is 0 Å². The lowest BCUT2D eigenvalue weighted by molar-refractivity contribution is 0.145. The number of cyclic esters (lactones) is 1. The SMILES string of the molecule is CC1(CN2CCOC2=O)CCNC1. The zero-order valence-electron chi connectivity index (χ0n) is 8.01. The number of nitrogens with one attached hydrogen (secondary N) is 1. The van der Waals surface area contributed by atoms with Gasteiger partial charge in [-0.2, -0.15) is 0 Å². The molecule has 2 aliphatic rings. The minimum Gasteiger partial charge on any atom is -0.448 e. The standard InChI is InChI=1S/C9H16N2O2/c1-9(2-3-10-6-9)7-11-4-5-13-8(11)12/h10H,2-7H2,1H3. The second kappa shape index (κ2) is 3.18. The van der Waals surface area contributed by atoms with Crippen LogP contribution in [0.5, 0.6) is 0 Å². The molecule has 2 aliphatic heterocycles. The maximum atomic E-state index is 11.2. The maximum absolute atomic E-state index is 11.2. The lowest BCUT2D eigenvalue weighted by atomic mass is 9.89. The average molecular weight is 184 g/mol. The Bertz CT molecular complexity index is 212. The molecule has 2 rings (SSSR count). The van der Waals surface area contributed by atoms with Crippen LogP contribution in [0.2, 0.25) is 0 Å². The van der Waals surface area contributed by atoms with Crippen LogP contribution in [0.1, 0.15) is 13.3 Å². The van der Waals surface area contributed by atoms with Gasteiger partial charge in [-0.3, -0.25) is 0 Å². The predicted molar refractivity (Wildman–Crippen MR) is 48.5 cm³/mol. The van der Waals surface area contributed by atoms with Gasteiger partial charge in [-0.25, -0.2) is 4.79 Å². The molecule has 1 amide bonds. The molecule has 2 saturated heterocycles. The summed E-state index contributed by atoms with van der Waals surface area (Å²) in [4.78, 5) is 13.0. The summed E-state index contributed by atoms with van der Waals surface area (Å²) in [6, 6.07) is 0. The van der Waals surface area contributed by atoms with E-state index in [0.29, 0.717) is 6.61 Å². The van der Waals surface area contributed by atoms with E-state index in [9.17, 15) is 4.79 Å². The second-order valence-electron chi connectivity index (χ2n) is 4.27. The normalized spacial score (nSPS) is 33.9. The molecule has 1 atom stereocenters. The average Bonchev–Trinajstić information content (AvgIpc) is 2.64. The first-order chi connectivity index (χ1) is 6.20. The number of hydrogen-bond donors (Lipinski definition) is 1. The van der Waals surface area contributed by atoms with Crippen molar-refractivity contribution >= 4 is 6.09 Å². The molecule has 0 saturated carbocycles. The van der Waals surface area contributed by atoms with Gasteiger partial charge in [-0.05, 0) is 18.4 Å². The van der Waals surface area contributed by atoms with Gasteiger partial charge in [0, 0.05) is 13.1 Å².